The van der Waals surface area contributed by atoms with Gasteiger partial charge in [0, 0.05) is 18.1 Å². The molecule has 156 valence electrons. The second kappa shape index (κ2) is 8.88. The van der Waals surface area contributed by atoms with Crippen molar-refractivity contribution in [1.29, 1.82) is 5.26 Å². The lowest BCUT2D eigenvalue weighted by molar-refractivity contribution is -0.123. The van der Waals surface area contributed by atoms with E-state index >= 15 is 0 Å². The summed E-state index contributed by atoms with van der Waals surface area (Å²) in [7, 11) is 0. The van der Waals surface area contributed by atoms with Gasteiger partial charge in [0.2, 0.25) is 0 Å². The summed E-state index contributed by atoms with van der Waals surface area (Å²) >= 11 is 7.20. The average molecular weight is 454 g/mol. The lowest BCUT2D eigenvalue weighted by atomic mass is 10.2. The lowest BCUT2D eigenvalue weighted by Crippen LogP contribution is -2.35. The predicted molar refractivity (Wildman–Crippen MR) is 119 cm³/mol. The number of likely N-dealkylation sites (tertiary alicyclic amines) is 1. The topological polar surface area (TPSA) is 66.1 Å². The molecule has 4 rings (SSSR count). The Morgan fingerprint density at radius 3 is 2.48 bits per heavy atom. The van der Waals surface area contributed by atoms with E-state index in [4.69, 9.17) is 11.6 Å². The van der Waals surface area contributed by atoms with Gasteiger partial charge in [-0.3, -0.25) is 14.2 Å². The number of para-hydroxylation sites is 1. The summed E-state index contributed by atoms with van der Waals surface area (Å²) in [5.74, 6) is -1.07. The normalized spacial score (nSPS) is 15.1. The fraction of sp³-hybridized carbons (Fsp3) is 0.174. The van der Waals surface area contributed by atoms with E-state index in [9.17, 15) is 19.2 Å². The Morgan fingerprint density at radius 1 is 1.13 bits per heavy atom. The van der Waals surface area contributed by atoms with E-state index in [1.54, 1.807) is 41.3 Å². The number of amides is 1. The van der Waals surface area contributed by atoms with Gasteiger partial charge in [0.25, 0.3) is 11.5 Å². The molecule has 1 fully saturated rings. The highest BCUT2D eigenvalue weighted by Gasteiger charge is 2.25. The highest BCUT2D eigenvalue weighted by molar-refractivity contribution is 7.07. The first-order chi connectivity index (χ1) is 15.0. The van der Waals surface area contributed by atoms with Gasteiger partial charge >= 0.3 is 0 Å². The van der Waals surface area contributed by atoms with Gasteiger partial charge in [-0.2, -0.15) is 5.26 Å². The molecule has 1 amide bonds. The van der Waals surface area contributed by atoms with Gasteiger partial charge in [-0.05, 0) is 42.7 Å². The molecule has 0 N–H and O–H groups in total. The van der Waals surface area contributed by atoms with Crippen LogP contribution in [-0.4, -0.2) is 28.5 Å². The van der Waals surface area contributed by atoms with E-state index in [0.717, 1.165) is 28.7 Å². The summed E-state index contributed by atoms with van der Waals surface area (Å²) in [6.45, 7) is 1.11. The molecule has 0 saturated carbocycles. The molecule has 2 heterocycles. The van der Waals surface area contributed by atoms with Gasteiger partial charge in [0.15, 0.2) is 5.57 Å². The van der Waals surface area contributed by atoms with Crippen LogP contribution in [0.5, 0.6) is 0 Å². The summed E-state index contributed by atoms with van der Waals surface area (Å²) in [6, 6.07) is 14.7. The fourth-order valence-electron chi connectivity index (χ4n) is 3.50. The summed E-state index contributed by atoms with van der Waals surface area (Å²) in [6.07, 6.45) is 3.31. The van der Waals surface area contributed by atoms with Crippen molar-refractivity contribution in [3.8, 4) is 11.8 Å². The van der Waals surface area contributed by atoms with Crippen LogP contribution in [0.1, 0.15) is 18.4 Å². The van der Waals surface area contributed by atoms with Crippen LogP contribution < -0.4 is 14.8 Å². The highest BCUT2D eigenvalue weighted by Crippen LogP contribution is 2.16. The van der Waals surface area contributed by atoms with Gasteiger partial charge in [-0.1, -0.05) is 41.9 Å². The van der Waals surface area contributed by atoms with Crippen molar-refractivity contribution in [2.24, 2.45) is 0 Å². The van der Waals surface area contributed by atoms with Gasteiger partial charge < -0.3 is 4.90 Å². The number of hydrogen-bond acceptors (Lipinski definition) is 4. The van der Waals surface area contributed by atoms with Crippen molar-refractivity contribution in [3.63, 3.8) is 0 Å². The Hall–Kier alpha value is -3.21. The molecule has 2 aromatic carbocycles. The Balaban J connectivity index is 2.06. The first-order valence-corrected chi connectivity index (χ1v) is 10.9. The van der Waals surface area contributed by atoms with Crippen molar-refractivity contribution in [2.45, 2.75) is 12.8 Å². The average Bonchev–Trinajstić information content (AvgIpc) is 3.40. The zero-order valence-corrected chi connectivity index (χ0v) is 17.9. The molecule has 1 aromatic heterocycles. The summed E-state index contributed by atoms with van der Waals surface area (Å²) < 4.78 is 16.1. The van der Waals surface area contributed by atoms with E-state index in [0.29, 0.717) is 23.7 Å². The van der Waals surface area contributed by atoms with Gasteiger partial charge in [0.05, 0.1) is 10.2 Å². The summed E-state index contributed by atoms with van der Waals surface area (Å²) in [4.78, 5) is 27.9. The Labute approximate surface area is 186 Å². The molecule has 0 bridgehead atoms. The van der Waals surface area contributed by atoms with E-state index in [1.165, 1.54) is 18.2 Å². The van der Waals surface area contributed by atoms with Crippen LogP contribution in [-0.2, 0) is 4.79 Å². The maximum absolute atomic E-state index is 14.6. The van der Waals surface area contributed by atoms with Crippen molar-refractivity contribution >= 4 is 40.5 Å². The molecule has 0 aliphatic carbocycles. The number of halogens is 2. The number of hydrogen-bond donors (Lipinski definition) is 0. The fourth-order valence-corrected chi connectivity index (χ4v) is 4.77. The minimum absolute atomic E-state index is 0.0143. The molecule has 0 radical (unpaired) electrons. The van der Waals surface area contributed by atoms with Gasteiger partial charge in [-0.15, -0.1) is 11.3 Å². The molecule has 5 nitrogen and oxygen atoms in total. The molecule has 0 atom stereocenters. The largest absolute Gasteiger partial charge is 0.338 e. The Morgan fingerprint density at radius 2 is 1.81 bits per heavy atom. The zero-order chi connectivity index (χ0) is 22.0. The Bertz CT molecular complexity index is 1380. The lowest BCUT2D eigenvalue weighted by Gasteiger charge is -2.14. The highest BCUT2D eigenvalue weighted by atomic mass is 35.5. The van der Waals surface area contributed by atoms with E-state index in [-0.39, 0.29) is 20.5 Å². The molecule has 1 aliphatic rings. The number of benzene rings is 2. The van der Waals surface area contributed by atoms with E-state index in [2.05, 4.69) is 0 Å². The Kier molecular flexibility index (Phi) is 6.03. The van der Waals surface area contributed by atoms with E-state index in [1.807, 2.05) is 6.07 Å². The molecule has 3 aromatic rings. The molecule has 0 spiro atoms. The van der Waals surface area contributed by atoms with Crippen LogP contribution >= 0.6 is 22.9 Å². The van der Waals surface area contributed by atoms with Crippen LogP contribution in [0.4, 0.5) is 4.39 Å². The van der Waals surface area contributed by atoms with Crippen LogP contribution in [0.15, 0.2) is 53.3 Å². The number of carbonyl (C=O) groups excluding carboxylic acids is 1. The molecule has 8 heteroatoms. The van der Waals surface area contributed by atoms with Crippen LogP contribution in [0.3, 0.4) is 0 Å². The van der Waals surface area contributed by atoms with Crippen LogP contribution in [0.25, 0.3) is 17.3 Å². The minimum Gasteiger partial charge on any atom is -0.338 e. The first-order valence-electron chi connectivity index (χ1n) is 9.68. The monoisotopic (exact) mass is 453 g/mol. The molecule has 1 aliphatic heterocycles. The van der Waals surface area contributed by atoms with Crippen molar-refractivity contribution in [1.82, 2.24) is 9.47 Å². The third-order valence-corrected chi connectivity index (χ3v) is 6.48. The first kappa shape index (κ1) is 21.0. The van der Waals surface area contributed by atoms with Gasteiger partial charge in [-0.25, -0.2) is 4.39 Å². The maximum Gasteiger partial charge on any atom is 0.273 e. The van der Waals surface area contributed by atoms with Crippen molar-refractivity contribution in [2.75, 3.05) is 13.1 Å². The van der Waals surface area contributed by atoms with Crippen LogP contribution in [0, 0.1) is 17.1 Å². The number of nitriles is 1. The third-order valence-electron chi connectivity index (χ3n) is 5.04. The molecular formula is C23H17ClFN3O2S. The second-order valence-corrected chi connectivity index (χ2v) is 8.45. The SMILES string of the molecule is N#CC(C(=O)N1CCCC1)=c1sc(=Cc2ccccc2Cl)c(=O)n1-c1ccccc1F. The zero-order valence-electron chi connectivity index (χ0n) is 16.3. The van der Waals surface area contributed by atoms with Crippen LogP contribution in [0.2, 0.25) is 5.02 Å². The number of nitrogens with zero attached hydrogens (tertiary/aromatic N) is 3. The number of rotatable bonds is 3. The van der Waals surface area contributed by atoms with Crippen molar-refractivity contribution < 1.29 is 9.18 Å². The minimum atomic E-state index is -0.626. The number of aromatic nitrogens is 1. The molecule has 31 heavy (non-hydrogen) atoms. The maximum atomic E-state index is 14.6. The predicted octanol–water partition coefficient (Wildman–Crippen LogP) is 2.82. The second-order valence-electron chi connectivity index (χ2n) is 7.02. The third kappa shape index (κ3) is 4.05. The summed E-state index contributed by atoms with van der Waals surface area (Å²) in [5.41, 5.74) is -0.100. The smallest absolute Gasteiger partial charge is 0.273 e. The summed E-state index contributed by atoms with van der Waals surface area (Å²) in [5, 5.41) is 10.3. The molecule has 0 unspecified atom stereocenters. The number of thiazole rings is 1. The van der Waals surface area contributed by atoms with Crippen molar-refractivity contribution in [3.05, 3.63) is 84.5 Å². The van der Waals surface area contributed by atoms with Gasteiger partial charge in [0.1, 0.15) is 16.5 Å². The van der Waals surface area contributed by atoms with E-state index < -0.39 is 17.3 Å². The standard InChI is InChI=1S/C23H17ClFN3O2S/c24-17-8-2-1-7-15(17)13-20-22(30)28(19-10-4-3-9-18(19)25)23(31-20)16(14-26)21(29)27-11-5-6-12-27/h1-4,7-10,13H,5-6,11-12H2. The number of carbonyl (C=O) groups is 1. The molecule has 1 saturated heterocycles. The molecular weight excluding hydrogens is 437 g/mol. The quantitative estimate of drug-likeness (QED) is 0.612.